The summed E-state index contributed by atoms with van der Waals surface area (Å²) in [5.74, 6) is -3.26. The van der Waals surface area contributed by atoms with E-state index in [1.54, 1.807) is 0 Å². The van der Waals surface area contributed by atoms with Crippen molar-refractivity contribution in [1.29, 1.82) is 0 Å². The Balaban J connectivity index is 1.07. The average molecular weight is 719 g/mol. The Morgan fingerprint density at radius 2 is 1.50 bits per heavy atom. The molecule has 2 aliphatic carbocycles. The van der Waals surface area contributed by atoms with Crippen LogP contribution in [0.15, 0.2) is 48.5 Å². The van der Waals surface area contributed by atoms with Crippen molar-refractivity contribution in [3.8, 4) is 11.1 Å². The highest BCUT2D eigenvalue weighted by molar-refractivity contribution is 5.95. The molecule has 1 saturated carbocycles. The first kappa shape index (κ1) is 38.6. The standard InChI is InChI=1S/C39H50N4O9/c1-23(37(49)41-32(21-44)38(50)42-36(24(2)45)25-11-4-3-5-12-25)40-39(51)33-19-26(46)20-43(33)34(47)17-10-18-35(48)52-22-31-29-15-8-6-13-27(29)28-14-7-9-16-30(28)31/h6-9,13-16,23,25-26,31-33,36,44,46H,3-5,10-12,17-22H2,1-2H3,(H,40,51)(H,41,49)(H,42,50). The Kier molecular flexibility index (Phi) is 13.2. The fourth-order valence-corrected chi connectivity index (χ4v) is 7.69. The molecule has 0 bridgehead atoms. The number of ether oxygens (including phenoxy) is 1. The van der Waals surface area contributed by atoms with Crippen LogP contribution in [-0.2, 0) is 33.5 Å². The predicted octanol–water partition coefficient (Wildman–Crippen LogP) is 2.11. The zero-order valence-corrected chi connectivity index (χ0v) is 29.8. The van der Waals surface area contributed by atoms with Crippen molar-refractivity contribution < 1.29 is 43.7 Å². The summed E-state index contributed by atoms with van der Waals surface area (Å²) in [5, 5.41) is 27.9. The van der Waals surface area contributed by atoms with Crippen LogP contribution in [0, 0.1) is 5.92 Å². The summed E-state index contributed by atoms with van der Waals surface area (Å²) >= 11 is 0. The van der Waals surface area contributed by atoms with Gasteiger partial charge in [0.25, 0.3) is 0 Å². The molecule has 4 amide bonds. The second kappa shape index (κ2) is 17.7. The van der Waals surface area contributed by atoms with E-state index >= 15 is 0 Å². The second-order valence-corrected chi connectivity index (χ2v) is 14.2. The number of amides is 4. The molecule has 5 atom stereocenters. The summed E-state index contributed by atoms with van der Waals surface area (Å²) < 4.78 is 5.64. The number of nitrogens with zero attached hydrogens (tertiary/aromatic N) is 1. The minimum absolute atomic E-state index is 0.000361. The lowest BCUT2D eigenvalue weighted by Gasteiger charge is -2.30. The minimum Gasteiger partial charge on any atom is -0.465 e. The van der Waals surface area contributed by atoms with Crippen LogP contribution in [0.3, 0.4) is 0 Å². The van der Waals surface area contributed by atoms with Gasteiger partial charge in [-0.15, -0.1) is 0 Å². The summed E-state index contributed by atoms with van der Waals surface area (Å²) in [6.45, 7) is 2.18. The van der Waals surface area contributed by atoms with Crippen molar-refractivity contribution in [2.75, 3.05) is 19.8 Å². The summed E-state index contributed by atoms with van der Waals surface area (Å²) in [6.07, 6.45) is 3.75. The van der Waals surface area contributed by atoms with E-state index in [4.69, 9.17) is 4.74 Å². The normalized spacial score (nSPS) is 20.2. The molecule has 1 saturated heterocycles. The van der Waals surface area contributed by atoms with Crippen molar-refractivity contribution in [3.63, 3.8) is 0 Å². The lowest BCUT2D eigenvalue weighted by atomic mass is 9.82. The van der Waals surface area contributed by atoms with Crippen LogP contribution in [0.25, 0.3) is 11.1 Å². The molecule has 3 aliphatic rings. The first-order valence-corrected chi connectivity index (χ1v) is 18.3. The molecule has 1 heterocycles. The number of esters is 1. The van der Waals surface area contributed by atoms with Crippen molar-refractivity contribution in [1.82, 2.24) is 20.9 Å². The molecule has 2 aromatic rings. The Morgan fingerprint density at radius 3 is 2.12 bits per heavy atom. The van der Waals surface area contributed by atoms with Crippen molar-refractivity contribution in [2.24, 2.45) is 5.92 Å². The zero-order valence-electron chi connectivity index (χ0n) is 29.8. The number of aliphatic hydroxyl groups excluding tert-OH is 2. The maximum absolute atomic E-state index is 13.2. The highest BCUT2D eigenvalue weighted by Crippen LogP contribution is 2.44. The third kappa shape index (κ3) is 9.23. The first-order chi connectivity index (χ1) is 25.0. The second-order valence-electron chi connectivity index (χ2n) is 14.2. The van der Waals surface area contributed by atoms with Gasteiger partial charge in [0.15, 0.2) is 5.78 Å². The van der Waals surface area contributed by atoms with E-state index in [-0.39, 0.29) is 56.5 Å². The molecule has 0 radical (unpaired) electrons. The molecule has 5 N–H and O–H groups in total. The van der Waals surface area contributed by atoms with Crippen molar-refractivity contribution >= 4 is 35.4 Å². The number of β-amino-alcohol motifs (C(OH)–C–C–N with tert-alkyl or cyclic N) is 1. The molecule has 52 heavy (non-hydrogen) atoms. The number of likely N-dealkylation sites (tertiary alicyclic amines) is 1. The summed E-state index contributed by atoms with van der Waals surface area (Å²) in [4.78, 5) is 78.6. The van der Waals surface area contributed by atoms with Crippen LogP contribution in [0.1, 0.15) is 88.7 Å². The van der Waals surface area contributed by atoms with Crippen LogP contribution in [0.4, 0.5) is 0 Å². The fraction of sp³-hybridized carbons (Fsp3) is 0.538. The van der Waals surface area contributed by atoms with E-state index in [9.17, 15) is 39.0 Å². The molecule has 5 unspecified atom stereocenters. The van der Waals surface area contributed by atoms with Crippen LogP contribution >= 0.6 is 0 Å². The largest absolute Gasteiger partial charge is 0.465 e. The van der Waals surface area contributed by atoms with Gasteiger partial charge >= 0.3 is 5.97 Å². The molecule has 13 heteroatoms. The molecular formula is C39H50N4O9. The zero-order chi connectivity index (χ0) is 37.4. The SMILES string of the molecule is CC(=O)C(NC(=O)C(CO)NC(=O)C(C)NC(=O)C1CC(O)CN1C(=O)CCCC(=O)OCC1c2ccccc2-c2ccccc21)C1CCCCC1. The number of carbonyl (C=O) groups is 6. The highest BCUT2D eigenvalue weighted by Gasteiger charge is 2.40. The quantitative estimate of drug-likeness (QED) is 0.172. The molecule has 0 aromatic heterocycles. The average Bonchev–Trinajstić information content (AvgIpc) is 3.69. The van der Waals surface area contributed by atoms with Gasteiger partial charge in [0.05, 0.1) is 18.8 Å². The number of Topliss-reactive ketones (excluding diaryl/α,β-unsaturated/α-hetero) is 1. The summed E-state index contributed by atoms with van der Waals surface area (Å²) in [5.41, 5.74) is 4.44. The van der Waals surface area contributed by atoms with Crippen LogP contribution < -0.4 is 16.0 Å². The Morgan fingerprint density at radius 1 is 0.865 bits per heavy atom. The van der Waals surface area contributed by atoms with Crippen molar-refractivity contribution in [3.05, 3.63) is 59.7 Å². The Labute approximate surface area is 303 Å². The van der Waals surface area contributed by atoms with Gasteiger partial charge in [-0.05, 0) is 61.3 Å². The Bertz CT molecular complexity index is 1600. The molecule has 2 aromatic carbocycles. The van der Waals surface area contributed by atoms with E-state index < -0.39 is 66.5 Å². The maximum atomic E-state index is 13.2. The van der Waals surface area contributed by atoms with Gasteiger partial charge in [0.2, 0.25) is 23.6 Å². The topological polar surface area (TPSA) is 191 Å². The number of rotatable bonds is 15. The van der Waals surface area contributed by atoms with Gasteiger partial charge in [0.1, 0.15) is 24.7 Å². The van der Waals surface area contributed by atoms with Gasteiger partial charge in [-0.25, -0.2) is 0 Å². The summed E-state index contributed by atoms with van der Waals surface area (Å²) in [6, 6.07) is 11.8. The number of nitrogens with one attached hydrogen (secondary N) is 3. The van der Waals surface area contributed by atoms with E-state index in [0.29, 0.717) is 0 Å². The van der Waals surface area contributed by atoms with Gasteiger partial charge in [-0.1, -0.05) is 67.8 Å². The highest BCUT2D eigenvalue weighted by atomic mass is 16.5. The lowest BCUT2D eigenvalue weighted by molar-refractivity contribution is -0.144. The van der Waals surface area contributed by atoms with E-state index in [0.717, 1.165) is 54.4 Å². The number of aliphatic hydroxyl groups is 2. The van der Waals surface area contributed by atoms with Crippen LogP contribution in [0.5, 0.6) is 0 Å². The van der Waals surface area contributed by atoms with Gasteiger partial charge in [0, 0.05) is 31.7 Å². The molecular weight excluding hydrogens is 668 g/mol. The number of benzene rings is 2. The number of hydrogen-bond acceptors (Lipinski definition) is 9. The van der Waals surface area contributed by atoms with Crippen LogP contribution in [-0.4, -0.2) is 101 Å². The first-order valence-electron chi connectivity index (χ1n) is 18.3. The van der Waals surface area contributed by atoms with E-state index in [2.05, 4.69) is 28.1 Å². The van der Waals surface area contributed by atoms with Gasteiger partial charge in [-0.3, -0.25) is 28.8 Å². The minimum atomic E-state index is -1.35. The number of fused-ring (bicyclic) bond motifs is 3. The van der Waals surface area contributed by atoms with Gasteiger partial charge in [-0.2, -0.15) is 0 Å². The third-order valence-electron chi connectivity index (χ3n) is 10.5. The molecule has 1 aliphatic heterocycles. The molecule has 2 fully saturated rings. The lowest BCUT2D eigenvalue weighted by Crippen LogP contribution is -2.58. The summed E-state index contributed by atoms with van der Waals surface area (Å²) in [7, 11) is 0. The molecule has 0 spiro atoms. The maximum Gasteiger partial charge on any atom is 0.305 e. The van der Waals surface area contributed by atoms with Crippen LogP contribution in [0.2, 0.25) is 0 Å². The van der Waals surface area contributed by atoms with Crippen molar-refractivity contribution in [2.45, 2.75) is 108 Å². The number of carbonyl (C=O) groups excluding carboxylic acids is 6. The molecule has 5 rings (SSSR count). The monoisotopic (exact) mass is 718 g/mol. The number of hydrogen-bond donors (Lipinski definition) is 5. The smallest absolute Gasteiger partial charge is 0.305 e. The number of ketones is 1. The Hall–Kier alpha value is -4.62. The van der Waals surface area contributed by atoms with E-state index in [1.165, 1.54) is 18.7 Å². The van der Waals surface area contributed by atoms with E-state index in [1.807, 2.05) is 36.4 Å². The third-order valence-corrected chi connectivity index (χ3v) is 10.5. The molecule has 13 nitrogen and oxygen atoms in total. The van der Waals surface area contributed by atoms with Gasteiger partial charge < -0.3 is 35.8 Å². The molecule has 280 valence electrons. The predicted molar refractivity (Wildman–Crippen MR) is 190 cm³/mol. The fourth-order valence-electron chi connectivity index (χ4n) is 7.69.